The van der Waals surface area contributed by atoms with E-state index in [9.17, 15) is 4.79 Å². The summed E-state index contributed by atoms with van der Waals surface area (Å²) in [6.07, 6.45) is 4.06. The third kappa shape index (κ3) is 4.46. The molecule has 0 fully saturated rings. The maximum atomic E-state index is 12.0. The Bertz CT molecular complexity index is 631. The number of carbonyl (C=O) groups is 1. The van der Waals surface area contributed by atoms with Crippen LogP contribution in [0.2, 0.25) is 5.02 Å². The number of hydrogen-bond acceptors (Lipinski definition) is 4. The number of carbonyl (C=O) groups excluding carboxylic acids is 1. The summed E-state index contributed by atoms with van der Waals surface area (Å²) >= 11 is 6.04. The molecule has 116 valence electrons. The highest BCUT2D eigenvalue weighted by molar-refractivity contribution is 6.32. The average Bonchev–Trinajstić information content (AvgIpc) is 2.53. The number of halogens is 1. The predicted octanol–water partition coefficient (Wildman–Crippen LogP) is 3.67. The van der Waals surface area contributed by atoms with Gasteiger partial charge in [-0.25, -0.2) is 0 Å². The van der Waals surface area contributed by atoms with Crippen LogP contribution >= 0.6 is 11.6 Å². The van der Waals surface area contributed by atoms with Gasteiger partial charge < -0.3 is 9.47 Å². The van der Waals surface area contributed by atoms with Gasteiger partial charge in [0.15, 0.2) is 0 Å². The van der Waals surface area contributed by atoms with E-state index in [4.69, 9.17) is 21.1 Å². The number of hydrogen-bond donors (Lipinski definition) is 0. The lowest BCUT2D eigenvalue weighted by atomic mass is 10.0. The van der Waals surface area contributed by atoms with E-state index in [0.717, 1.165) is 11.1 Å². The summed E-state index contributed by atoms with van der Waals surface area (Å²) in [6, 6.07) is 9.11. The Morgan fingerprint density at radius 1 is 1.23 bits per heavy atom. The van der Waals surface area contributed by atoms with Crippen LogP contribution < -0.4 is 4.74 Å². The van der Waals surface area contributed by atoms with E-state index in [2.05, 4.69) is 4.98 Å². The Balaban J connectivity index is 1.88. The van der Waals surface area contributed by atoms with E-state index >= 15 is 0 Å². The van der Waals surface area contributed by atoms with E-state index < -0.39 is 0 Å². The summed E-state index contributed by atoms with van der Waals surface area (Å²) in [4.78, 5) is 16.0. The lowest BCUT2D eigenvalue weighted by Crippen LogP contribution is -2.17. The van der Waals surface area contributed by atoms with Gasteiger partial charge in [-0.05, 0) is 41.8 Å². The highest BCUT2D eigenvalue weighted by atomic mass is 35.5. The topological polar surface area (TPSA) is 48.4 Å². The van der Waals surface area contributed by atoms with Crippen LogP contribution in [-0.4, -0.2) is 18.1 Å². The van der Waals surface area contributed by atoms with Crippen molar-refractivity contribution in [3.63, 3.8) is 0 Å². The van der Waals surface area contributed by atoms with Gasteiger partial charge in [-0.3, -0.25) is 9.78 Å². The van der Waals surface area contributed by atoms with Gasteiger partial charge in [-0.2, -0.15) is 0 Å². The van der Waals surface area contributed by atoms with Gasteiger partial charge in [0.05, 0.1) is 18.1 Å². The molecule has 0 N–H and O–H groups in total. The average molecular weight is 320 g/mol. The normalized spacial score (nSPS) is 11.8. The van der Waals surface area contributed by atoms with Crippen molar-refractivity contribution in [2.45, 2.75) is 20.0 Å². The van der Waals surface area contributed by atoms with E-state index in [1.807, 2.05) is 25.1 Å². The molecule has 0 spiro atoms. The molecule has 1 atom stereocenters. The van der Waals surface area contributed by atoms with Crippen molar-refractivity contribution in [3.05, 3.63) is 58.9 Å². The van der Waals surface area contributed by atoms with Crippen molar-refractivity contribution in [1.29, 1.82) is 0 Å². The van der Waals surface area contributed by atoms with Crippen molar-refractivity contribution in [3.8, 4) is 5.75 Å². The summed E-state index contributed by atoms with van der Waals surface area (Å²) in [5.41, 5.74) is 1.89. The van der Waals surface area contributed by atoms with Crippen LogP contribution in [0.1, 0.15) is 18.1 Å². The molecule has 1 aromatic heterocycles. The van der Waals surface area contributed by atoms with Crippen molar-refractivity contribution in [2.75, 3.05) is 7.11 Å². The minimum atomic E-state index is -0.233. The van der Waals surface area contributed by atoms with Gasteiger partial charge in [0.2, 0.25) is 0 Å². The highest BCUT2D eigenvalue weighted by Crippen LogP contribution is 2.25. The molecule has 1 unspecified atom stereocenters. The number of pyridine rings is 1. The van der Waals surface area contributed by atoms with E-state index in [1.165, 1.54) is 0 Å². The smallest absolute Gasteiger partial charge is 0.309 e. The van der Waals surface area contributed by atoms with Gasteiger partial charge in [0.1, 0.15) is 12.4 Å². The lowest BCUT2D eigenvalue weighted by molar-refractivity contribution is -0.149. The zero-order valence-electron chi connectivity index (χ0n) is 12.6. The van der Waals surface area contributed by atoms with Crippen molar-refractivity contribution in [2.24, 2.45) is 5.92 Å². The van der Waals surface area contributed by atoms with Gasteiger partial charge in [0, 0.05) is 12.4 Å². The molecule has 2 aromatic rings. The summed E-state index contributed by atoms with van der Waals surface area (Å²) in [7, 11) is 1.56. The standard InChI is InChI=1S/C17H18ClNO3/c1-12(9-13-5-7-19-8-6-13)17(20)22-11-14-3-4-16(21-2)15(18)10-14/h3-8,10,12H,9,11H2,1-2H3. The molecule has 2 rings (SSSR count). The molecule has 4 nitrogen and oxygen atoms in total. The first-order valence-electron chi connectivity index (χ1n) is 6.98. The molecule has 5 heteroatoms. The summed E-state index contributed by atoms with van der Waals surface area (Å²) in [5.74, 6) is 0.155. The van der Waals surface area contributed by atoms with Crippen LogP contribution in [0.5, 0.6) is 5.75 Å². The molecule has 0 aliphatic carbocycles. The second-order valence-electron chi connectivity index (χ2n) is 5.04. The predicted molar refractivity (Wildman–Crippen MR) is 84.9 cm³/mol. The fourth-order valence-electron chi connectivity index (χ4n) is 2.05. The minimum absolute atomic E-state index is 0.198. The monoisotopic (exact) mass is 319 g/mol. The quantitative estimate of drug-likeness (QED) is 0.762. The number of rotatable bonds is 6. The van der Waals surface area contributed by atoms with Crippen molar-refractivity contribution < 1.29 is 14.3 Å². The van der Waals surface area contributed by atoms with Crippen molar-refractivity contribution in [1.82, 2.24) is 4.98 Å². The van der Waals surface area contributed by atoms with Gasteiger partial charge in [-0.15, -0.1) is 0 Å². The molecular formula is C17H18ClNO3. The van der Waals surface area contributed by atoms with Crippen LogP contribution in [-0.2, 0) is 22.6 Å². The fraction of sp³-hybridized carbons (Fsp3) is 0.294. The van der Waals surface area contributed by atoms with E-state index in [0.29, 0.717) is 17.2 Å². The van der Waals surface area contributed by atoms with Crippen LogP contribution in [0.4, 0.5) is 0 Å². The SMILES string of the molecule is COc1ccc(COC(=O)C(C)Cc2ccncc2)cc1Cl. The largest absolute Gasteiger partial charge is 0.495 e. The van der Waals surface area contributed by atoms with Crippen LogP contribution in [0.15, 0.2) is 42.7 Å². The highest BCUT2D eigenvalue weighted by Gasteiger charge is 2.15. The molecule has 0 aliphatic heterocycles. The maximum absolute atomic E-state index is 12.0. The Morgan fingerprint density at radius 2 is 1.95 bits per heavy atom. The first kappa shape index (κ1) is 16.3. The number of methoxy groups -OCH3 is 1. The number of esters is 1. The summed E-state index contributed by atoms with van der Waals surface area (Å²) < 4.78 is 10.4. The lowest BCUT2D eigenvalue weighted by Gasteiger charge is -2.12. The molecular weight excluding hydrogens is 302 g/mol. The van der Waals surface area contributed by atoms with Gasteiger partial charge in [-0.1, -0.05) is 24.6 Å². The number of ether oxygens (including phenoxy) is 2. The second kappa shape index (κ2) is 7.80. The third-order valence-electron chi connectivity index (χ3n) is 3.29. The molecule has 0 amide bonds. The maximum Gasteiger partial charge on any atom is 0.309 e. The molecule has 0 saturated carbocycles. The Kier molecular flexibility index (Phi) is 5.78. The number of benzene rings is 1. The van der Waals surface area contributed by atoms with Crippen molar-refractivity contribution >= 4 is 17.6 Å². The van der Waals surface area contributed by atoms with Crippen LogP contribution in [0, 0.1) is 5.92 Å². The first-order valence-corrected chi connectivity index (χ1v) is 7.36. The molecule has 0 bridgehead atoms. The summed E-state index contributed by atoms with van der Waals surface area (Å²) in [5, 5.41) is 0.501. The number of nitrogens with zero attached hydrogens (tertiary/aromatic N) is 1. The zero-order chi connectivity index (χ0) is 15.9. The van der Waals surface area contributed by atoms with E-state index in [1.54, 1.807) is 31.6 Å². The van der Waals surface area contributed by atoms with Gasteiger partial charge >= 0.3 is 5.97 Å². The number of aromatic nitrogens is 1. The molecule has 1 aromatic carbocycles. The molecule has 1 heterocycles. The molecule has 0 radical (unpaired) electrons. The van der Waals surface area contributed by atoms with Gasteiger partial charge in [0.25, 0.3) is 0 Å². The molecule has 22 heavy (non-hydrogen) atoms. The Morgan fingerprint density at radius 3 is 2.59 bits per heavy atom. The first-order chi connectivity index (χ1) is 10.6. The Hall–Kier alpha value is -2.07. The van der Waals surface area contributed by atoms with Crippen LogP contribution in [0.3, 0.4) is 0 Å². The molecule has 0 saturated heterocycles. The summed E-state index contributed by atoms with van der Waals surface area (Å²) in [6.45, 7) is 2.05. The third-order valence-corrected chi connectivity index (χ3v) is 3.59. The fourth-order valence-corrected chi connectivity index (χ4v) is 2.33. The second-order valence-corrected chi connectivity index (χ2v) is 5.44. The molecule has 0 aliphatic rings. The zero-order valence-corrected chi connectivity index (χ0v) is 13.3. The van der Waals surface area contributed by atoms with E-state index in [-0.39, 0.29) is 18.5 Å². The Labute approximate surface area is 135 Å². The minimum Gasteiger partial charge on any atom is -0.495 e. The van der Waals surface area contributed by atoms with Crippen LogP contribution in [0.25, 0.3) is 0 Å².